The second-order valence-corrected chi connectivity index (χ2v) is 3.14. The Labute approximate surface area is 99.1 Å². The molecule has 1 aromatic rings. The fraction of sp³-hybridized carbons (Fsp3) is 0.455. The molecule has 6 nitrogen and oxygen atoms in total. The summed E-state index contributed by atoms with van der Waals surface area (Å²) in [5.74, 6) is -0.215. The summed E-state index contributed by atoms with van der Waals surface area (Å²) in [5, 5.41) is 9.75. The van der Waals surface area contributed by atoms with Crippen LogP contribution in [0.5, 0.6) is 11.8 Å². The Bertz CT molecular complexity index is 371. The van der Waals surface area contributed by atoms with Crippen LogP contribution in [0, 0.1) is 0 Å². The van der Waals surface area contributed by atoms with Crippen molar-refractivity contribution in [2.24, 2.45) is 0 Å². The lowest BCUT2D eigenvalue weighted by molar-refractivity contribution is -0.153. The number of hydrogen-bond acceptors (Lipinski definition) is 6. The van der Waals surface area contributed by atoms with Gasteiger partial charge in [-0.3, -0.25) is 0 Å². The van der Waals surface area contributed by atoms with Crippen LogP contribution < -0.4 is 9.47 Å². The van der Waals surface area contributed by atoms with E-state index in [0.717, 1.165) is 0 Å². The lowest BCUT2D eigenvalue weighted by Crippen LogP contribution is -2.15. The van der Waals surface area contributed by atoms with Gasteiger partial charge in [-0.05, 0) is 6.92 Å². The summed E-state index contributed by atoms with van der Waals surface area (Å²) in [6.45, 7) is 1.87. The molecule has 1 atom stereocenters. The molecule has 17 heavy (non-hydrogen) atoms. The van der Waals surface area contributed by atoms with Gasteiger partial charge in [0.15, 0.2) is 6.10 Å². The van der Waals surface area contributed by atoms with E-state index in [1.807, 2.05) is 0 Å². The number of aliphatic hydroxyl groups excluding tert-OH is 1. The van der Waals surface area contributed by atoms with Crippen LogP contribution in [0.1, 0.15) is 18.6 Å². The van der Waals surface area contributed by atoms with Gasteiger partial charge in [-0.1, -0.05) is 0 Å². The molecule has 0 radical (unpaired) electrons. The highest BCUT2D eigenvalue weighted by Gasteiger charge is 2.20. The van der Waals surface area contributed by atoms with Crippen molar-refractivity contribution in [3.05, 3.63) is 17.7 Å². The van der Waals surface area contributed by atoms with Crippen LogP contribution >= 0.6 is 0 Å². The minimum absolute atomic E-state index is 0.204. The average Bonchev–Trinajstić information content (AvgIpc) is 2.37. The lowest BCUT2D eigenvalue weighted by Gasteiger charge is -2.12. The summed E-state index contributed by atoms with van der Waals surface area (Å²) in [7, 11) is 2.87. The number of aliphatic hydroxyl groups is 1. The quantitative estimate of drug-likeness (QED) is 0.764. The molecule has 0 aliphatic rings. The smallest absolute Gasteiger partial charge is 0.339 e. The predicted octanol–water partition coefficient (Wildman–Crippen LogP) is 0.695. The van der Waals surface area contributed by atoms with Crippen LogP contribution in [0.4, 0.5) is 0 Å². The topological polar surface area (TPSA) is 77.9 Å². The number of rotatable bonds is 5. The van der Waals surface area contributed by atoms with Gasteiger partial charge in [0.2, 0.25) is 11.8 Å². The van der Waals surface area contributed by atoms with Crippen molar-refractivity contribution in [1.82, 2.24) is 4.98 Å². The van der Waals surface area contributed by atoms with E-state index in [2.05, 4.69) is 4.98 Å². The van der Waals surface area contributed by atoms with Gasteiger partial charge in [-0.2, -0.15) is 4.98 Å². The first-order chi connectivity index (χ1) is 8.12. The van der Waals surface area contributed by atoms with Crippen molar-refractivity contribution in [2.75, 3.05) is 20.8 Å². The van der Waals surface area contributed by atoms with E-state index in [1.54, 1.807) is 6.92 Å². The fourth-order valence-electron chi connectivity index (χ4n) is 1.22. The monoisotopic (exact) mass is 241 g/mol. The third kappa shape index (κ3) is 3.32. The van der Waals surface area contributed by atoms with Gasteiger partial charge in [0, 0.05) is 17.7 Å². The number of carbonyl (C=O) groups excluding carboxylic acids is 1. The molecule has 1 aromatic heterocycles. The molecule has 0 bridgehead atoms. The lowest BCUT2D eigenvalue weighted by atomic mass is 10.1. The number of aromatic nitrogens is 1. The summed E-state index contributed by atoms with van der Waals surface area (Å²) < 4.78 is 14.6. The summed E-state index contributed by atoms with van der Waals surface area (Å²) >= 11 is 0. The summed E-state index contributed by atoms with van der Waals surface area (Å²) in [6, 6.07) is 2.90. The van der Waals surface area contributed by atoms with E-state index in [0.29, 0.717) is 5.56 Å². The van der Waals surface area contributed by atoms with Crippen LogP contribution in [0.15, 0.2) is 12.1 Å². The Morgan fingerprint density at radius 1 is 1.35 bits per heavy atom. The maximum Gasteiger partial charge on any atom is 0.339 e. The summed E-state index contributed by atoms with van der Waals surface area (Å²) in [4.78, 5) is 15.3. The number of carbonyl (C=O) groups is 1. The van der Waals surface area contributed by atoms with E-state index in [4.69, 9.17) is 14.2 Å². The molecule has 0 saturated carbocycles. The van der Waals surface area contributed by atoms with Crippen LogP contribution in [0.25, 0.3) is 0 Å². The first-order valence-electron chi connectivity index (χ1n) is 5.07. The van der Waals surface area contributed by atoms with Gasteiger partial charge in [0.05, 0.1) is 20.8 Å². The Kier molecular flexibility index (Phi) is 4.71. The van der Waals surface area contributed by atoms with Gasteiger partial charge in [-0.15, -0.1) is 0 Å². The number of nitrogens with zero attached hydrogens (tertiary/aromatic N) is 1. The Hall–Kier alpha value is -1.82. The maximum absolute atomic E-state index is 11.4. The van der Waals surface area contributed by atoms with Gasteiger partial charge in [0.25, 0.3) is 0 Å². The molecule has 0 spiro atoms. The van der Waals surface area contributed by atoms with Crippen molar-refractivity contribution in [3.8, 4) is 11.8 Å². The number of hydrogen-bond donors (Lipinski definition) is 1. The minimum atomic E-state index is -1.37. The molecule has 0 aliphatic heterocycles. The molecule has 1 rings (SSSR count). The normalized spacial score (nSPS) is 11.8. The molecule has 0 aromatic carbocycles. The van der Waals surface area contributed by atoms with Crippen LogP contribution in [-0.2, 0) is 9.53 Å². The first-order valence-corrected chi connectivity index (χ1v) is 5.07. The SMILES string of the molecule is CCOC(=O)C(O)c1cc(OC)nc(OC)c1. The van der Waals surface area contributed by atoms with Crippen molar-refractivity contribution in [2.45, 2.75) is 13.0 Å². The van der Waals surface area contributed by atoms with E-state index in [1.165, 1.54) is 26.4 Å². The first kappa shape index (κ1) is 13.2. The molecule has 1 N–H and O–H groups in total. The van der Waals surface area contributed by atoms with E-state index in [-0.39, 0.29) is 18.4 Å². The minimum Gasteiger partial charge on any atom is -0.481 e. The van der Waals surface area contributed by atoms with E-state index >= 15 is 0 Å². The molecule has 0 fully saturated rings. The third-order valence-electron chi connectivity index (χ3n) is 2.04. The van der Waals surface area contributed by atoms with E-state index < -0.39 is 12.1 Å². The summed E-state index contributed by atoms with van der Waals surface area (Å²) in [6.07, 6.45) is -1.37. The highest BCUT2D eigenvalue weighted by atomic mass is 16.5. The maximum atomic E-state index is 11.4. The highest BCUT2D eigenvalue weighted by molar-refractivity contribution is 5.76. The second-order valence-electron chi connectivity index (χ2n) is 3.14. The largest absolute Gasteiger partial charge is 0.481 e. The zero-order chi connectivity index (χ0) is 12.8. The molecular formula is C11H15NO5. The van der Waals surface area contributed by atoms with Crippen molar-refractivity contribution in [1.29, 1.82) is 0 Å². The number of ether oxygens (including phenoxy) is 3. The van der Waals surface area contributed by atoms with Crippen LogP contribution in [-0.4, -0.2) is 36.9 Å². The average molecular weight is 241 g/mol. The Balaban J connectivity index is 2.99. The van der Waals surface area contributed by atoms with Crippen molar-refractivity contribution >= 4 is 5.97 Å². The molecular weight excluding hydrogens is 226 g/mol. The van der Waals surface area contributed by atoms with Crippen LogP contribution in [0.2, 0.25) is 0 Å². The zero-order valence-corrected chi connectivity index (χ0v) is 9.97. The molecule has 0 aliphatic carbocycles. The van der Waals surface area contributed by atoms with Gasteiger partial charge < -0.3 is 19.3 Å². The molecule has 1 heterocycles. The van der Waals surface area contributed by atoms with Crippen molar-refractivity contribution in [3.63, 3.8) is 0 Å². The highest BCUT2D eigenvalue weighted by Crippen LogP contribution is 2.23. The molecule has 0 saturated heterocycles. The van der Waals surface area contributed by atoms with Gasteiger partial charge >= 0.3 is 5.97 Å². The van der Waals surface area contributed by atoms with E-state index in [9.17, 15) is 9.90 Å². The Morgan fingerprint density at radius 3 is 2.29 bits per heavy atom. The predicted molar refractivity (Wildman–Crippen MR) is 58.9 cm³/mol. The number of methoxy groups -OCH3 is 2. The van der Waals surface area contributed by atoms with Gasteiger partial charge in [-0.25, -0.2) is 4.79 Å². The standard InChI is InChI=1S/C11H15NO5/c1-4-17-11(14)10(13)7-5-8(15-2)12-9(6-7)16-3/h5-6,10,13H,4H2,1-3H3. The number of esters is 1. The summed E-state index contributed by atoms with van der Waals surface area (Å²) in [5.41, 5.74) is 0.312. The second kappa shape index (κ2) is 6.05. The fourth-order valence-corrected chi connectivity index (χ4v) is 1.22. The molecule has 0 amide bonds. The Morgan fingerprint density at radius 2 is 1.88 bits per heavy atom. The number of pyridine rings is 1. The molecule has 94 valence electrons. The van der Waals surface area contributed by atoms with Crippen molar-refractivity contribution < 1.29 is 24.1 Å². The molecule has 6 heteroatoms. The zero-order valence-electron chi connectivity index (χ0n) is 9.97. The third-order valence-corrected chi connectivity index (χ3v) is 2.04. The van der Waals surface area contributed by atoms with Gasteiger partial charge in [0.1, 0.15) is 0 Å². The van der Waals surface area contributed by atoms with Crippen LogP contribution in [0.3, 0.4) is 0 Å². The molecule has 1 unspecified atom stereocenters.